The van der Waals surface area contributed by atoms with Crippen molar-refractivity contribution in [3.63, 3.8) is 0 Å². The molecule has 1 aromatic carbocycles. The molecule has 4 rings (SSSR count). The van der Waals surface area contributed by atoms with Gasteiger partial charge < -0.3 is 0 Å². The summed E-state index contributed by atoms with van der Waals surface area (Å²) in [5.41, 5.74) is 3.31. The molecule has 0 unspecified atom stereocenters. The monoisotopic (exact) mass is 284 g/mol. The maximum absolute atomic E-state index is 6.07. The van der Waals surface area contributed by atoms with Crippen molar-refractivity contribution < 1.29 is 0 Å². The lowest BCUT2D eigenvalue weighted by molar-refractivity contribution is 0.654. The van der Waals surface area contributed by atoms with E-state index in [-0.39, 0.29) is 5.28 Å². The van der Waals surface area contributed by atoms with Crippen molar-refractivity contribution in [1.82, 2.24) is 19.5 Å². The van der Waals surface area contributed by atoms with Crippen molar-refractivity contribution in [2.75, 3.05) is 0 Å². The highest BCUT2D eigenvalue weighted by Crippen LogP contribution is 2.26. The molecule has 1 aliphatic rings. The Morgan fingerprint density at radius 3 is 2.85 bits per heavy atom. The summed E-state index contributed by atoms with van der Waals surface area (Å²) in [4.78, 5) is 13.2. The quantitative estimate of drug-likeness (QED) is 0.644. The minimum Gasteiger partial charge on any atom is -0.286 e. The largest absolute Gasteiger partial charge is 0.286 e. The second-order valence-electron chi connectivity index (χ2n) is 5.05. The zero-order valence-electron chi connectivity index (χ0n) is 10.9. The third-order valence-electron chi connectivity index (χ3n) is 3.81. The standard InChI is InChI=1S/C15H13ClN4/c16-15-18-11-6-2-1-5-10(11)14(19-15)20-9-17-12-7-3-4-8-13(12)20/h1-2,5-6,9H,3-4,7-8H2. The fourth-order valence-corrected chi connectivity index (χ4v) is 3.04. The molecule has 0 atom stereocenters. The van der Waals surface area contributed by atoms with E-state index in [9.17, 15) is 0 Å². The smallest absolute Gasteiger partial charge is 0.224 e. The van der Waals surface area contributed by atoms with Gasteiger partial charge in [-0.1, -0.05) is 12.1 Å². The van der Waals surface area contributed by atoms with Crippen LogP contribution in [-0.2, 0) is 12.8 Å². The minimum absolute atomic E-state index is 0.275. The zero-order chi connectivity index (χ0) is 13.5. The second kappa shape index (κ2) is 4.56. The fourth-order valence-electron chi connectivity index (χ4n) is 2.87. The first-order chi connectivity index (χ1) is 9.83. The first kappa shape index (κ1) is 11.9. The molecule has 0 aliphatic heterocycles. The van der Waals surface area contributed by atoms with E-state index in [4.69, 9.17) is 11.6 Å². The lowest BCUT2D eigenvalue weighted by Crippen LogP contribution is -2.08. The van der Waals surface area contributed by atoms with Gasteiger partial charge in [0.25, 0.3) is 0 Å². The molecule has 20 heavy (non-hydrogen) atoms. The van der Waals surface area contributed by atoms with E-state index >= 15 is 0 Å². The van der Waals surface area contributed by atoms with E-state index in [0.717, 1.165) is 29.6 Å². The number of hydrogen-bond acceptors (Lipinski definition) is 3. The molecular formula is C15H13ClN4. The summed E-state index contributed by atoms with van der Waals surface area (Å²) in [5.74, 6) is 0.830. The summed E-state index contributed by atoms with van der Waals surface area (Å²) in [7, 11) is 0. The van der Waals surface area contributed by atoms with Crippen LogP contribution in [0.25, 0.3) is 16.7 Å². The first-order valence-corrected chi connectivity index (χ1v) is 7.18. The Morgan fingerprint density at radius 2 is 1.90 bits per heavy atom. The number of aromatic nitrogens is 4. The van der Waals surface area contributed by atoms with Gasteiger partial charge in [-0.2, -0.15) is 4.98 Å². The molecule has 3 aromatic rings. The Morgan fingerprint density at radius 1 is 1.05 bits per heavy atom. The average molecular weight is 285 g/mol. The van der Waals surface area contributed by atoms with Gasteiger partial charge in [-0.3, -0.25) is 4.57 Å². The molecule has 2 aromatic heterocycles. The van der Waals surface area contributed by atoms with Gasteiger partial charge in [0, 0.05) is 11.1 Å². The van der Waals surface area contributed by atoms with E-state index in [1.807, 2.05) is 30.6 Å². The Labute approximate surface area is 121 Å². The van der Waals surface area contributed by atoms with Crippen LogP contribution in [0.2, 0.25) is 5.28 Å². The third kappa shape index (κ3) is 1.79. The summed E-state index contributed by atoms with van der Waals surface area (Å²) in [6.07, 6.45) is 6.39. The number of imidazole rings is 1. The molecule has 0 saturated heterocycles. The number of benzene rings is 1. The van der Waals surface area contributed by atoms with Crippen LogP contribution in [0.1, 0.15) is 24.2 Å². The van der Waals surface area contributed by atoms with Crippen molar-refractivity contribution in [2.24, 2.45) is 0 Å². The number of aryl methyl sites for hydroxylation is 1. The second-order valence-corrected chi connectivity index (χ2v) is 5.39. The van der Waals surface area contributed by atoms with Gasteiger partial charge in [-0.05, 0) is 49.4 Å². The van der Waals surface area contributed by atoms with Gasteiger partial charge in [0.1, 0.15) is 6.33 Å². The summed E-state index contributed by atoms with van der Waals surface area (Å²) in [5, 5.41) is 1.28. The van der Waals surface area contributed by atoms with Crippen LogP contribution >= 0.6 is 11.6 Å². The van der Waals surface area contributed by atoms with Crippen LogP contribution in [0.3, 0.4) is 0 Å². The molecule has 0 bridgehead atoms. The number of nitrogens with zero attached hydrogens (tertiary/aromatic N) is 4. The van der Waals surface area contributed by atoms with Gasteiger partial charge in [0.2, 0.25) is 5.28 Å². The van der Waals surface area contributed by atoms with Crippen LogP contribution < -0.4 is 0 Å². The summed E-state index contributed by atoms with van der Waals surface area (Å²) < 4.78 is 2.07. The van der Waals surface area contributed by atoms with Gasteiger partial charge in [-0.15, -0.1) is 0 Å². The fraction of sp³-hybridized carbons (Fsp3) is 0.267. The molecule has 0 N–H and O–H groups in total. The Balaban J connectivity index is 2.00. The van der Waals surface area contributed by atoms with E-state index in [0.29, 0.717) is 0 Å². The molecule has 100 valence electrons. The highest BCUT2D eigenvalue weighted by atomic mass is 35.5. The Kier molecular flexibility index (Phi) is 2.70. The van der Waals surface area contributed by atoms with Crippen molar-refractivity contribution in [3.05, 3.63) is 47.3 Å². The zero-order valence-corrected chi connectivity index (χ0v) is 11.6. The molecule has 5 heteroatoms. The van der Waals surface area contributed by atoms with Crippen molar-refractivity contribution in [2.45, 2.75) is 25.7 Å². The number of halogens is 1. The van der Waals surface area contributed by atoms with E-state index in [2.05, 4.69) is 19.5 Å². The SMILES string of the molecule is Clc1nc(-n2cnc3c2CCCC3)c2ccccc2n1. The lowest BCUT2D eigenvalue weighted by atomic mass is 10.0. The maximum Gasteiger partial charge on any atom is 0.224 e. The summed E-state index contributed by atoms with van der Waals surface area (Å²) in [6.45, 7) is 0. The van der Waals surface area contributed by atoms with Crippen LogP contribution in [0.5, 0.6) is 0 Å². The number of fused-ring (bicyclic) bond motifs is 2. The van der Waals surface area contributed by atoms with Crippen molar-refractivity contribution in [1.29, 1.82) is 0 Å². The van der Waals surface area contributed by atoms with Gasteiger partial charge in [0.15, 0.2) is 5.82 Å². The highest BCUT2D eigenvalue weighted by Gasteiger charge is 2.18. The van der Waals surface area contributed by atoms with Crippen LogP contribution in [0.15, 0.2) is 30.6 Å². The molecule has 0 spiro atoms. The molecule has 0 fully saturated rings. The average Bonchev–Trinajstić information content (AvgIpc) is 2.90. The summed E-state index contributed by atoms with van der Waals surface area (Å²) >= 11 is 6.07. The van der Waals surface area contributed by atoms with E-state index < -0.39 is 0 Å². The minimum atomic E-state index is 0.275. The van der Waals surface area contributed by atoms with Gasteiger partial charge in [0.05, 0.1) is 11.2 Å². The summed E-state index contributed by atoms with van der Waals surface area (Å²) in [6, 6.07) is 7.93. The molecule has 1 aliphatic carbocycles. The molecule has 0 saturated carbocycles. The molecule has 4 nitrogen and oxygen atoms in total. The van der Waals surface area contributed by atoms with Crippen molar-refractivity contribution in [3.8, 4) is 5.82 Å². The number of para-hydroxylation sites is 1. The molecule has 0 radical (unpaired) electrons. The molecule has 0 amide bonds. The predicted molar refractivity (Wildman–Crippen MR) is 78.3 cm³/mol. The molecular weight excluding hydrogens is 272 g/mol. The van der Waals surface area contributed by atoms with Crippen LogP contribution in [-0.4, -0.2) is 19.5 Å². The molecule has 2 heterocycles. The topological polar surface area (TPSA) is 43.6 Å². The Bertz CT molecular complexity index is 794. The first-order valence-electron chi connectivity index (χ1n) is 6.81. The van der Waals surface area contributed by atoms with Gasteiger partial charge >= 0.3 is 0 Å². The van der Waals surface area contributed by atoms with Crippen LogP contribution in [0.4, 0.5) is 0 Å². The van der Waals surface area contributed by atoms with E-state index in [1.165, 1.54) is 24.2 Å². The number of rotatable bonds is 1. The Hall–Kier alpha value is -1.94. The van der Waals surface area contributed by atoms with Crippen LogP contribution in [0, 0.1) is 0 Å². The van der Waals surface area contributed by atoms with Gasteiger partial charge in [-0.25, -0.2) is 9.97 Å². The van der Waals surface area contributed by atoms with Crippen molar-refractivity contribution >= 4 is 22.5 Å². The lowest BCUT2D eigenvalue weighted by Gasteiger charge is -2.14. The highest BCUT2D eigenvalue weighted by molar-refractivity contribution is 6.28. The number of hydrogen-bond donors (Lipinski definition) is 0. The predicted octanol–water partition coefficient (Wildman–Crippen LogP) is 3.35. The normalized spacial score (nSPS) is 14.4. The van der Waals surface area contributed by atoms with E-state index in [1.54, 1.807) is 0 Å². The third-order valence-corrected chi connectivity index (χ3v) is 3.98. The maximum atomic E-state index is 6.07.